The lowest BCUT2D eigenvalue weighted by molar-refractivity contribution is -0.128. The predicted molar refractivity (Wildman–Crippen MR) is 65.9 cm³/mol. The molecule has 2 amide bonds. The average Bonchev–Trinajstić information content (AvgIpc) is 2.36. The monoisotopic (exact) mass is 252 g/mol. The summed E-state index contributed by atoms with van der Waals surface area (Å²) in [5.74, 6) is -0.872. The first-order valence-corrected chi connectivity index (χ1v) is 5.94. The highest BCUT2D eigenvalue weighted by molar-refractivity contribution is 5.83. The quantitative estimate of drug-likeness (QED) is 0.784. The van der Waals surface area contributed by atoms with Gasteiger partial charge in [-0.1, -0.05) is 25.5 Å². The standard InChI is InChI=1S/C13H17FN2O2/c1-2-3-4-12(17)15-16-13(18)9-10-5-7-11(14)8-6-10/h5-8H,2-4,9H2,1H3,(H,15,17)(H,16,18). The summed E-state index contributed by atoms with van der Waals surface area (Å²) in [6.45, 7) is 1.99. The van der Waals surface area contributed by atoms with Gasteiger partial charge in [-0.3, -0.25) is 20.4 Å². The minimum atomic E-state index is -0.341. The molecule has 0 aliphatic carbocycles. The Kier molecular flexibility index (Phi) is 5.84. The van der Waals surface area contributed by atoms with Crippen molar-refractivity contribution < 1.29 is 14.0 Å². The summed E-state index contributed by atoms with van der Waals surface area (Å²) in [7, 11) is 0. The third-order valence-electron chi connectivity index (χ3n) is 2.38. The Morgan fingerprint density at radius 2 is 1.72 bits per heavy atom. The zero-order valence-electron chi connectivity index (χ0n) is 10.3. The minimum absolute atomic E-state index is 0.105. The molecule has 4 nitrogen and oxygen atoms in total. The summed E-state index contributed by atoms with van der Waals surface area (Å²) >= 11 is 0. The molecule has 0 fully saturated rings. The van der Waals surface area contributed by atoms with Crippen LogP contribution in [-0.4, -0.2) is 11.8 Å². The van der Waals surface area contributed by atoms with Crippen molar-refractivity contribution in [1.29, 1.82) is 0 Å². The van der Waals surface area contributed by atoms with E-state index in [4.69, 9.17) is 0 Å². The first kappa shape index (κ1) is 14.2. The van der Waals surface area contributed by atoms with E-state index in [0.29, 0.717) is 12.0 Å². The molecule has 0 heterocycles. The van der Waals surface area contributed by atoms with Gasteiger partial charge in [0.1, 0.15) is 5.82 Å². The Hall–Kier alpha value is -1.91. The second-order valence-corrected chi connectivity index (χ2v) is 4.00. The molecule has 1 aromatic rings. The van der Waals surface area contributed by atoms with Gasteiger partial charge in [0.2, 0.25) is 11.8 Å². The Morgan fingerprint density at radius 1 is 1.11 bits per heavy atom. The van der Waals surface area contributed by atoms with E-state index >= 15 is 0 Å². The second kappa shape index (κ2) is 7.42. The molecule has 0 bridgehead atoms. The summed E-state index contributed by atoms with van der Waals surface area (Å²) in [5, 5.41) is 0. The summed E-state index contributed by atoms with van der Waals surface area (Å²) < 4.78 is 12.6. The molecule has 0 aromatic heterocycles. The molecule has 1 aromatic carbocycles. The van der Waals surface area contributed by atoms with E-state index in [1.165, 1.54) is 24.3 Å². The molecule has 0 radical (unpaired) electrons. The summed E-state index contributed by atoms with van der Waals surface area (Å²) in [6.07, 6.45) is 2.22. The van der Waals surface area contributed by atoms with Crippen LogP contribution >= 0.6 is 0 Å². The topological polar surface area (TPSA) is 58.2 Å². The molecule has 1 rings (SSSR count). The van der Waals surface area contributed by atoms with Crippen molar-refractivity contribution in [1.82, 2.24) is 10.9 Å². The number of halogens is 1. The van der Waals surface area contributed by atoms with Crippen molar-refractivity contribution >= 4 is 11.8 Å². The Morgan fingerprint density at radius 3 is 2.33 bits per heavy atom. The molecule has 0 aliphatic rings. The van der Waals surface area contributed by atoms with Crippen LogP contribution < -0.4 is 10.9 Å². The number of unbranched alkanes of at least 4 members (excludes halogenated alkanes) is 1. The lowest BCUT2D eigenvalue weighted by atomic mass is 10.1. The van der Waals surface area contributed by atoms with Gasteiger partial charge >= 0.3 is 0 Å². The Labute approximate surface area is 106 Å². The van der Waals surface area contributed by atoms with E-state index in [-0.39, 0.29) is 24.1 Å². The second-order valence-electron chi connectivity index (χ2n) is 4.00. The summed E-state index contributed by atoms with van der Waals surface area (Å²) in [6, 6.07) is 5.66. The van der Waals surface area contributed by atoms with Crippen LogP contribution in [0.1, 0.15) is 31.7 Å². The van der Waals surface area contributed by atoms with Crippen LogP contribution in [0.25, 0.3) is 0 Å². The lowest BCUT2D eigenvalue weighted by Crippen LogP contribution is -2.42. The van der Waals surface area contributed by atoms with Crippen molar-refractivity contribution in [3.8, 4) is 0 Å². The first-order valence-electron chi connectivity index (χ1n) is 5.94. The van der Waals surface area contributed by atoms with E-state index in [0.717, 1.165) is 12.8 Å². The summed E-state index contributed by atoms with van der Waals surface area (Å²) in [5.41, 5.74) is 5.35. The molecule has 0 unspecified atom stereocenters. The fraction of sp³-hybridized carbons (Fsp3) is 0.385. The Balaban J connectivity index is 2.29. The van der Waals surface area contributed by atoms with Crippen LogP contribution in [0.2, 0.25) is 0 Å². The van der Waals surface area contributed by atoms with Gasteiger partial charge in [0, 0.05) is 6.42 Å². The highest BCUT2D eigenvalue weighted by atomic mass is 19.1. The number of amides is 2. The molecule has 98 valence electrons. The molecule has 0 aliphatic heterocycles. The predicted octanol–water partition coefficient (Wildman–Crippen LogP) is 1.71. The maximum absolute atomic E-state index is 12.6. The number of hydrogen-bond acceptors (Lipinski definition) is 2. The van der Waals surface area contributed by atoms with Crippen molar-refractivity contribution in [2.24, 2.45) is 0 Å². The first-order chi connectivity index (χ1) is 8.61. The van der Waals surface area contributed by atoms with Crippen LogP contribution in [0.15, 0.2) is 24.3 Å². The van der Waals surface area contributed by atoms with Gasteiger partial charge in [0.15, 0.2) is 0 Å². The largest absolute Gasteiger partial charge is 0.273 e. The van der Waals surface area contributed by atoms with E-state index in [9.17, 15) is 14.0 Å². The number of benzene rings is 1. The zero-order chi connectivity index (χ0) is 13.4. The minimum Gasteiger partial charge on any atom is -0.273 e. The maximum atomic E-state index is 12.6. The van der Waals surface area contributed by atoms with Gasteiger partial charge in [-0.25, -0.2) is 4.39 Å². The smallest absolute Gasteiger partial charge is 0.242 e. The fourth-order valence-electron chi connectivity index (χ4n) is 1.37. The van der Waals surface area contributed by atoms with Gasteiger partial charge in [-0.05, 0) is 24.1 Å². The highest BCUT2D eigenvalue weighted by Gasteiger charge is 2.05. The van der Waals surface area contributed by atoms with E-state index < -0.39 is 0 Å². The highest BCUT2D eigenvalue weighted by Crippen LogP contribution is 2.03. The van der Waals surface area contributed by atoms with Gasteiger partial charge in [0.05, 0.1) is 6.42 Å². The lowest BCUT2D eigenvalue weighted by Gasteiger charge is -2.07. The molecular formula is C13H17FN2O2. The van der Waals surface area contributed by atoms with Crippen LogP contribution in [-0.2, 0) is 16.0 Å². The zero-order valence-corrected chi connectivity index (χ0v) is 10.3. The van der Waals surface area contributed by atoms with Gasteiger partial charge in [0.25, 0.3) is 0 Å². The number of hydrogen-bond donors (Lipinski definition) is 2. The SMILES string of the molecule is CCCCC(=O)NNC(=O)Cc1ccc(F)cc1. The number of carbonyl (C=O) groups is 2. The third kappa shape index (κ3) is 5.43. The van der Waals surface area contributed by atoms with Crippen LogP contribution in [0.3, 0.4) is 0 Å². The van der Waals surface area contributed by atoms with E-state index in [2.05, 4.69) is 10.9 Å². The Bertz CT molecular complexity index is 404. The molecule has 0 atom stereocenters. The van der Waals surface area contributed by atoms with Crippen LogP contribution in [0.4, 0.5) is 4.39 Å². The van der Waals surface area contributed by atoms with Gasteiger partial charge in [-0.15, -0.1) is 0 Å². The molecule has 0 saturated heterocycles. The average molecular weight is 252 g/mol. The van der Waals surface area contributed by atoms with Crippen molar-refractivity contribution in [3.05, 3.63) is 35.6 Å². The van der Waals surface area contributed by atoms with Crippen molar-refractivity contribution in [3.63, 3.8) is 0 Å². The molecule has 2 N–H and O–H groups in total. The third-order valence-corrected chi connectivity index (χ3v) is 2.38. The van der Waals surface area contributed by atoms with Crippen molar-refractivity contribution in [2.75, 3.05) is 0 Å². The maximum Gasteiger partial charge on any atom is 0.242 e. The summed E-state index contributed by atoms with van der Waals surface area (Å²) in [4.78, 5) is 22.7. The van der Waals surface area contributed by atoms with Crippen LogP contribution in [0.5, 0.6) is 0 Å². The molecule has 18 heavy (non-hydrogen) atoms. The van der Waals surface area contributed by atoms with E-state index in [1.807, 2.05) is 6.92 Å². The van der Waals surface area contributed by atoms with Crippen LogP contribution in [0, 0.1) is 5.82 Å². The van der Waals surface area contributed by atoms with E-state index in [1.54, 1.807) is 0 Å². The molecule has 0 spiro atoms. The molecular weight excluding hydrogens is 235 g/mol. The number of hydrazine groups is 1. The van der Waals surface area contributed by atoms with Gasteiger partial charge in [-0.2, -0.15) is 0 Å². The molecule has 0 saturated carbocycles. The van der Waals surface area contributed by atoms with Gasteiger partial charge < -0.3 is 0 Å². The number of rotatable bonds is 5. The number of nitrogens with one attached hydrogen (secondary N) is 2. The molecule has 5 heteroatoms. The van der Waals surface area contributed by atoms with Crippen molar-refractivity contribution in [2.45, 2.75) is 32.6 Å². The fourth-order valence-corrected chi connectivity index (χ4v) is 1.37. The number of carbonyl (C=O) groups excluding carboxylic acids is 2. The normalized spacial score (nSPS) is 9.89.